The molecular formula is C14H19NO. The maximum Gasteiger partial charge on any atom is 0.0986 e. The summed E-state index contributed by atoms with van der Waals surface area (Å²) in [5.41, 5.74) is 2.91. The fourth-order valence-electron chi connectivity index (χ4n) is 3.08. The smallest absolute Gasteiger partial charge is 0.0986 e. The van der Waals surface area contributed by atoms with Gasteiger partial charge in [-0.2, -0.15) is 0 Å². The van der Waals surface area contributed by atoms with Gasteiger partial charge in [0, 0.05) is 6.04 Å². The molecule has 0 unspecified atom stereocenters. The van der Waals surface area contributed by atoms with Crippen LogP contribution in [0.3, 0.4) is 0 Å². The number of likely N-dealkylation sites (N-methyl/N-ethyl adjacent to an activating group) is 1. The Hall–Kier alpha value is -0.860. The van der Waals surface area contributed by atoms with Gasteiger partial charge in [0.1, 0.15) is 0 Å². The summed E-state index contributed by atoms with van der Waals surface area (Å²) in [6, 6.07) is 9.31. The maximum absolute atomic E-state index is 6.18. The molecule has 3 rings (SSSR count). The Balaban J connectivity index is 2.00. The highest BCUT2D eigenvalue weighted by Crippen LogP contribution is 2.40. The first-order valence-corrected chi connectivity index (χ1v) is 6.15. The quantitative estimate of drug-likeness (QED) is 0.716. The number of hydrogen-bond donors (Lipinski definition) is 0. The van der Waals surface area contributed by atoms with E-state index in [1.807, 2.05) is 0 Å². The van der Waals surface area contributed by atoms with E-state index in [1.54, 1.807) is 0 Å². The zero-order chi connectivity index (χ0) is 11.1. The number of hydrogen-bond acceptors (Lipinski definition) is 2. The van der Waals surface area contributed by atoms with Crippen LogP contribution in [0.5, 0.6) is 0 Å². The number of ether oxygens (including phenoxy) is 1. The Labute approximate surface area is 97.2 Å². The SMILES string of the molecule is CN(C)[C@@H]1CC[C@H]2Cc3ccccc3[C@@H]1O2. The summed E-state index contributed by atoms with van der Waals surface area (Å²) in [4.78, 5) is 2.31. The molecule has 2 heteroatoms. The second-order valence-electron chi connectivity index (χ2n) is 5.19. The van der Waals surface area contributed by atoms with Gasteiger partial charge in [-0.3, -0.25) is 0 Å². The highest BCUT2D eigenvalue weighted by molar-refractivity contribution is 5.33. The van der Waals surface area contributed by atoms with E-state index in [0.29, 0.717) is 18.2 Å². The van der Waals surface area contributed by atoms with E-state index in [2.05, 4.69) is 43.3 Å². The summed E-state index contributed by atoms with van der Waals surface area (Å²) in [5.74, 6) is 0. The van der Waals surface area contributed by atoms with Crippen molar-refractivity contribution in [3.05, 3.63) is 35.4 Å². The predicted molar refractivity (Wildman–Crippen MR) is 64.5 cm³/mol. The molecule has 1 aromatic carbocycles. The van der Waals surface area contributed by atoms with Crippen molar-refractivity contribution in [3.63, 3.8) is 0 Å². The van der Waals surface area contributed by atoms with Crippen molar-refractivity contribution in [2.45, 2.75) is 37.5 Å². The van der Waals surface area contributed by atoms with Crippen LogP contribution in [0.25, 0.3) is 0 Å². The summed E-state index contributed by atoms with van der Waals surface area (Å²) in [6.45, 7) is 0. The third-order valence-corrected chi connectivity index (χ3v) is 3.95. The van der Waals surface area contributed by atoms with Crippen LogP contribution in [0.4, 0.5) is 0 Å². The molecule has 0 radical (unpaired) electrons. The van der Waals surface area contributed by atoms with Crippen molar-refractivity contribution in [3.8, 4) is 0 Å². The van der Waals surface area contributed by atoms with Crippen molar-refractivity contribution in [2.24, 2.45) is 0 Å². The molecule has 0 saturated carbocycles. The van der Waals surface area contributed by atoms with E-state index < -0.39 is 0 Å². The molecule has 2 heterocycles. The molecule has 1 fully saturated rings. The minimum atomic E-state index is 0.290. The fraction of sp³-hybridized carbons (Fsp3) is 0.571. The van der Waals surface area contributed by atoms with E-state index in [9.17, 15) is 0 Å². The normalized spacial score (nSPS) is 32.6. The Morgan fingerprint density at radius 2 is 2.00 bits per heavy atom. The Bertz CT molecular complexity index is 388. The fourth-order valence-corrected chi connectivity index (χ4v) is 3.08. The summed E-state index contributed by atoms with van der Waals surface area (Å²) in [6.07, 6.45) is 4.31. The molecule has 1 aromatic rings. The summed E-state index contributed by atoms with van der Waals surface area (Å²) in [7, 11) is 4.32. The Kier molecular flexibility index (Phi) is 2.49. The third-order valence-electron chi connectivity index (χ3n) is 3.95. The zero-order valence-electron chi connectivity index (χ0n) is 10.0. The third kappa shape index (κ3) is 1.57. The van der Waals surface area contributed by atoms with Crippen LogP contribution < -0.4 is 0 Å². The van der Waals surface area contributed by atoms with E-state index in [1.165, 1.54) is 24.0 Å². The van der Waals surface area contributed by atoms with Gasteiger partial charge >= 0.3 is 0 Å². The van der Waals surface area contributed by atoms with Crippen molar-refractivity contribution < 1.29 is 4.74 Å². The lowest BCUT2D eigenvalue weighted by molar-refractivity contribution is -0.101. The molecule has 0 amide bonds. The lowest BCUT2D eigenvalue weighted by atomic mass is 9.83. The minimum Gasteiger partial charge on any atom is -0.368 e. The first-order valence-electron chi connectivity index (χ1n) is 6.15. The van der Waals surface area contributed by atoms with Gasteiger partial charge in [-0.25, -0.2) is 0 Å². The largest absolute Gasteiger partial charge is 0.368 e. The van der Waals surface area contributed by atoms with E-state index in [4.69, 9.17) is 4.74 Å². The maximum atomic E-state index is 6.18. The van der Waals surface area contributed by atoms with Crippen molar-refractivity contribution in [2.75, 3.05) is 14.1 Å². The van der Waals surface area contributed by atoms with Gasteiger partial charge in [-0.05, 0) is 44.5 Å². The number of rotatable bonds is 1. The standard InChI is InChI=1S/C14H19NO/c1-15(2)13-8-7-11-9-10-5-3-4-6-12(10)14(13)16-11/h3-6,11,13-14H,7-9H2,1-2H3/t11-,13+,14-/m0/s1. The molecule has 1 saturated heterocycles. The Morgan fingerprint density at radius 3 is 2.81 bits per heavy atom. The lowest BCUT2D eigenvalue weighted by Crippen LogP contribution is -2.44. The number of nitrogens with zero attached hydrogens (tertiary/aromatic N) is 1. The molecule has 0 aromatic heterocycles. The molecule has 0 N–H and O–H groups in total. The number of fused-ring (bicyclic) bond motifs is 4. The first kappa shape index (κ1) is 10.3. The van der Waals surface area contributed by atoms with E-state index in [-0.39, 0.29) is 0 Å². The molecule has 2 nitrogen and oxygen atoms in total. The topological polar surface area (TPSA) is 12.5 Å². The minimum absolute atomic E-state index is 0.290. The molecule has 86 valence electrons. The van der Waals surface area contributed by atoms with E-state index >= 15 is 0 Å². The average molecular weight is 217 g/mol. The van der Waals surface area contributed by atoms with Crippen molar-refractivity contribution >= 4 is 0 Å². The average Bonchev–Trinajstić information content (AvgIpc) is 2.29. The highest BCUT2D eigenvalue weighted by Gasteiger charge is 2.38. The van der Waals surface area contributed by atoms with Gasteiger partial charge in [0.2, 0.25) is 0 Å². The monoisotopic (exact) mass is 217 g/mol. The zero-order valence-corrected chi connectivity index (χ0v) is 10.0. The van der Waals surface area contributed by atoms with Crippen LogP contribution in [-0.4, -0.2) is 31.1 Å². The van der Waals surface area contributed by atoms with Gasteiger partial charge in [0.25, 0.3) is 0 Å². The molecule has 0 spiro atoms. The van der Waals surface area contributed by atoms with Gasteiger partial charge in [0.15, 0.2) is 0 Å². The Morgan fingerprint density at radius 1 is 1.19 bits per heavy atom. The molecule has 3 atom stereocenters. The van der Waals surface area contributed by atoms with Crippen LogP contribution in [0.15, 0.2) is 24.3 Å². The van der Waals surface area contributed by atoms with Crippen molar-refractivity contribution in [1.29, 1.82) is 0 Å². The van der Waals surface area contributed by atoms with Gasteiger partial charge < -0.3 is 9.64 Å². The lowest BCUT2D eigenvalue weighted by Gasteiger charge is -2.44. The molecule has 2 bridgehead atoms. The van der Waals surface area contributed by atoms with Crippen LogP contribution in [0.2, 0.25) is 0 Å². The molecule has 2 aliphatic heterocycles. The van der Waals surface area contributed by atoms with Crippen LogP contribution in [0, 0.1) is 0 Å². The molecule has 0 aliphatic carbocycles. The number of benzene rings is 1. The van der Waals surface area contributed by atoms with Gasteiger partial charge in [-0.15, -0.1) is 0 Å². The first-order chi connectivity index (χ1) is 7.75. The predicted octanol–water partition coefficient (Wildman–Crippen LogP) is 2.39. The van der Waals surface area contributed by atoms with Crippen LogP contribution in [-0.2, 0) is 11.2 Å². The second kappa shape index (κ2) is 3.86. The highest BCUT2D eigenvalue weighted by atomic mass is 16.5. The van der Waals surface area contributed by atoms with E-state index in [0.717, 1.165) is 6.42 Å². The molecule has 2 aliphatic rings. The van der Waals surface area contributed by atoms with Crippen LogP contribution in [0.1, 0.15) is 30.1 Å². The van der Waals surface area contributed by atoms with Gasteiger partial charge in [-0.1, -0.05) is 24.3 Å². The molecular weight excluding hydrogens is 198 g/mol. The van der Waals surface area contributed by atoms with Crippen LogP contribution >= 0.6 is 0 Å². The summed E-state index contributed by atoms with van der Waals surface area (Å²) in [5, 5.41) is 0. The molecule has 16 heavy (non-hydrogen) atoms. The summed E-state index contributed by atoms with van der Waals surface area (Å²) >= 11 is 0. The van der Waals surface area contributed by atoms with Crippen molar-refractivity contribution in [1.82, 2.24) is 4.90 Å². The second-order valence-corrected chi connectivity index (χ2v) is 5.19. The summed E-state index contributed by atoms with van der Waals surface area (Å²) < 4.78 is 6.18. The van der Waals surface area contributed by atoms with Gasteiger partial charge in [0.05, 0.1) is 12.2 Å².